The molecule has 7 nitrogen and oxygen atoms in total. The molecule has 0 bridgehead atoms. The first kappa shape index (κ1) is 12.6. The summed E-state index contributed by atoms with van der Waals surface area (Å²) in [4.78, 5) is 31.0. The molecule has 1 unspecified atom stereocenters. The Hall–Kier alpha value is -1.89. The fourth-order valence-electron chi connectivity index (χ4n) is 2.16. The molecule has 1 atom stereocenters. The third kappa shape index (κ3) is 2.51. The zero-order valence-corrected chi connectivity index (χ0v) is 10.1. The van der Waals surface area contributed by atoms with Crippen molar-refractivity contribution in [2.75, 3.05) is 20.1 Å². The summed E-state index contributed by atoms with van der Waals surface area (Å²) in [6.45, 7) is 1.55. The molecule has 18 heavy (non-hydrogen) atoms. The first-order chi connectivity index (χ1) is 8.59. The Kier molecular flexibility index (Phi) is 3.61. The highest BCUT2D eigenvalue weighted by molar-refractivity contribution is 6.02. The third-order valence-electron chi connectivity index (χ3n) is 3.24. The van der Waals surface area contributed by atoms with E-state index in [2.05, 4.69) is 20.2 Å². The van der Waals surface area contributed by atoms with E-state index < -0.39 is 11.9 Å². The molecule has 2 heterocycles. The van der Waals surface area contributed by atoms with E-state index in [0.29, 0.717) is 12.6 Å². The normalized spacial score (nSPS) is 19.9. The second-order valence-corrected chi connectivity index (χ2v) is 4.42. The average molecular weight is 252 g/mol. The Morgan fingerprint density at radius 1 is 1.67 bits per heavy atom. The largest absolute Gasteiger partial charge is 0.477 e. The van der Waals surface area contributed by atoms with Crippen LogP contribution in [0.3, 0.4) is 0 Å². The lowest BCUT2D eigenvalue weighted by Crippen LogP contribution is -2.38. The minimum atomic E-state index is -1.18. The molecule has 1 aromatic rings. The monoisotopic (exact) mass is 252 g/mol. The molecular formula is C11H16N4O3. The second-order valence-electron chi connectivity index (χ2n) is 4.42. The predicted molar refractivity (Wildman–Crippen MR) is 63.5 cm³/mol. The fraction of sp³-hybridized carbons (Fsp3) is 0.545. The van der Waals surface area contributed by atoms with E-state index in [1.54, 1.807) is 0 Å². The summed E-state index contributed by atoms with van der Waals surface area (Å²) in [6.07, 6.45) is 3.38. The van der Waals surface area contributed by atoms with Crippen molar-refractivity contribution in [3.8, 4) is 0 Å². The van der Waals surface area contributed by atoms with Crippen molar-refractivity contribution in [2.45, 2.75) is 18.9 Å². The van der Waals surface area contributed by atoms with Gasteiger partial charge in [0.2, 0.25) is 0 Å². The number of aromatic amines is 1. The Morgan fingerprint density at radius 3 is 3.06 bits per heavy atom. The van der Waals surface area contributed by atoms with Crippen molar-refractivity contribution in [1.82, 2.24) is 20.2 Å². The minimum absolute atomic E-state index is 0.0665. The Balaban J connectivity index is 1.95. The van der Waals surface area contributed by atoms with Gasteiger partial charge in [-0.3, -0.25) is 4.79 Å². The van der Waals surface area contributed by atoms with E-state index in [4.69, 9.17) is 5.11 Å². The van der Waals surface area contributed by atoms with E-state index in [1.807, 2.05) is 7.05 Å². The van der Waals surface area contributed by atoms with Crippen LogP contribution in [0.25, 0.3) is 0 Å². The molecule has 0 spiro atoms. The number of carboxylic acids is 1. The molecule has 1 aliphatic heterocycles. The van der Waals surface area contributed by atoms with Gasteiger partial charge in [0.1, 0.15) is 0 Å². The molecule has 1 aromatic heterocycles. The summed E-state index contributed by atoms with van der Waals surface area (Å²) in [5.74, 6) is -1.63. The minimum Gasteiger partial charge on any atom is -0.477 e. The Bertz CT molecular complexity index is 457. The van der Waals surface area contributed by atoms with Gasteiger partial charge in [-0.2, -0.15) is 0 Å². The van der Waals surface area contributed by atoms with Crippen molar-refractivity contribution in [3.63, 3.8) is 0 Å². The second kappa shape index (κ2) is 5.18. The van der Waals surface area contributed by atoms with Gasteiger partial charge in [0.25, 0.3) is 5.91 Å². The van der Waals surface area contributed by atoms with Crippen LogP contribution in [0.5, 0.6) is 0 Å². The van der Waals surface area contributed by atoms with Gasteiger partial charge >= 0.3 is 5.97 Å². The number of hydrogen-bond donors (Lipinski definition) is 3. The van der Waals surface area contributed by atoms with Crippen LogP contribution in [0.4, 0.5) is 0 Å². The van der Waals surface area contributed by atoms with Crippen molar-refractivity contribution in [2.24, 2.45) is 0 Å². The number of hydrogen-bond acceptors (Lipinski definition) is 4. The molecular weight excluding hydrogens is 236 g/mol. The smallest absolute Gasteiger partial charge is 0.354 e. The topological polar surface area (TPSA) is 98.3 Å². The number of rotatable bonds is 4. The van der Waals surface area contributed by atoms with Crippen LogP contribution in [0, 0.1) is 0 Å². The van der Waals surface area contributed by atoms with Crippen LogP contribution >= 0.6 is 0 Å². The number of carboxylic acid groups (broad SMARTS) is 1. The van der Waals surface area contributed by atoms with Gasteiger partial charge < -0.3 is 20.3 Å². The molecule has 1 amide bonds. The number of H-pyrrole nitrogens is 1. The lowest BCUT2D eigenvalue weighted by atomic mass is 10.2. The highest BCUT2D eigenvalue weighted by Crippen LogP contribution is 2.13. The summed E-state index contributed by atoms with van der Waals surface area (Å²) in [5, 5.41) is 11.6. The highest BCUT2D eigenvalue weighted by atomic mass is 16.4. The summed E-state index contributed by atoms with van der Waals surface area (Å²) < 4.78 is 0. The van der Waals surface area contributed by atoms with E-state index >= 15 is 0 Å². The number of aromatic carboxylic acids is 1. The van der Waals surface area contributed by atoms with Crippen LogP contribution in [0.1, 0.15) is 33.8 Å². The maximum atomic E-state index is 11.8. The van der Waals surface area contributed by atoms with Crippen molar-refractivity contribution in [3.05, 3.63) is 17.7 Å². The van der Waals surface area contributed by atoms with Crippen LogP contribution in [0.15, 0.2) is 6.33 Å². The number of likely N-dealkylation sites (tertiary alicyclic amines) is 1. The van der Waals surface area contributed by atoms with Gasteiger partial charge in [-0.15, -0.1) is 0 Å². The van der Waals surface area contributed by atoms with Crippen molar-refractivity contribution < 1.29 is 14.7 Å². The fourth-order valence-corrected chi connectivity index (χ4v) is 2.16. The summed E-state index contributed by atoms with van der Waals surface area (Å²) >= 11 is 0. The summed E-state index contributed by atoms with van der Waals surface area (Å²) in [5.41, 5.74) is -0.240. The molecule has 2 rings (SSSR count). The lowest BCUT2D eigenvalue weighted by molar-refractivity contribution is 0.0684. The van der Waals surface area contributed by atoms with Gasteiger partial charge in [0.05, 0.1) is 6.33 Å². The van der Waals surface area contributed by atoms with E-state index in [0.717, 1.165) is 19.4 Å². The third-order valence-corrected chi connectivity index (χ3v) is 3.24. The van der Waals surface area contributed by atoms with Crippen LogP contribution in [-0.4, -0.2) is 58.0 Å². The molecule has 98 valence electrons. The molecule has 0 radical (unpaired) electrons. The van der Waals surface area contributed by atoms with Gasteiger partial charge in [-0.25, -0.2) is 9.78 Å². The highest BCUT2D eigenvalue weighted by Gasteiger charge is 2.23. The number of amides is 1. The molecule has 1 saturated heterocycles. The maximum Gasteiger partial charge on any atom is 0.354 e. The zero-order chi connectivity index (χ0) is 13.1. The quantitative estimate of drug-likeness (QED) is 0.697. The zero-order valence-electron chi connectivity index (χ0n) is 10.1. The summed E-state index contributed by atoms with van der Waals surface area (Å²) in [7, 11) is 2.01. The van der Waals surface area contributed by atoms with E-state index in [-0.39, 0.29) is 11.4 Å². The molecule has 1 fully saturated rings. The van der Waals surface area contributed by atoms with Gasteiger partial charge in [-0.05, 0) is 26.4 Å². The first-order valence-electron chi connectivity index (χ1n) is 5.84. The Labute approximate surface area is 104 Å². The standard InChI is InChI=1S/C11H16N4O3/c1-15-4-2-3-7(15)5-12-10(16)8-9(11(17)18)14-6-13-8/h6-7H,2-5H2,1H3,(H,12,16)(H,13,14)(H,17,18). The SMILES string of the molecule is CN1CCCC1CNC(=O)c1nc[nH]c1C(=O)O. The van der Waals surface area contributed by atoms with Crippen molar-refractivity contribution in [1.29, 1.82) is 0 Å². The lowest BCUT2D eigenvalue weighted by Gasteiger charge is -2.19. The van der Waals surface area contributed by atoms with Crippen LogP contribution in [-0.2, 0) is 0 Å². The molecule has 0 saturated carbocycles. The number of aromatic nitrogens is 2. The number of carbonyl (C=O) groups excluding carboxylic acids is 1. The van der Waals surface area contributed by atoms with E-state index in [9.17, 15) is 9.59 Å². The number of imidazole rings is 1. The summed E-state index contributed by atoms with van der Waals surface area (Å²) in [6, 6.07) is 0.321. The number of likely N-dealkylation sites (N-methyl/N-ethyl adjacent to an activating group) is 1. The van der Waals surface area contributed by atoms with Gasteiger partial charge in [0.15, 0.2) is 11.4 Å². The van der Waals surface area contributed by atoms with Crippen molar-refractivity contribution >= 4 is 11.9 Å². The Morgan fingerprint density at radius 2 is 2.44 bits per heavy atom. The first-order valence-corrected chi connectivity index (χ1v) is 5.84. The average Bonchev–Trinajstić information content (AvgIpc) is 2.94. The molecule has 7 heteroatoms. The number of nitrogens with one attached hydrogen (secondary N) is 2. The molecule has 0 aliphatic carbocycles. The predicted octanol–water partition coefficient (Wildman–Crippen LogP) is -0.0681. The van der Waals surface area contributed by atoms with Gasteiger partial charge in [-0.1, -0.05) is 0 Å². The molecule has 3 N–H and O–H groups in total. The van der Waals surface area contributed by atoms with Crippen LogP contribution < -0.4 is 5.32 Å². The number of nitrogens with zero attached hydrogens (tertiary/aromatic N) is 2. The van der Waals surface area contributed by atoms with Crippen LogP contribution in [0.2, 0.25) is 0 Å². The van der Waals surface area contributed by atoms with Gasteiger partial charge in [0, 0.05) is 12.6 Å². The molecule has 1 aliphatic rings. The van der Waals surface area contributed by atoms with E-state index in [1.165, 1.54) is 6.33 Å². The maximum absolute atomic E-state index is 11.8. The number of carbonyl (C=O) groups is 2. The molecule has 0 aromatic carbocycles.